The summed E-state index contributed by atoms with van der Waals surface area (Å²) < 4.78 is 5.15. The Kier molecular flexibility index (Phi) is 8.43. The van der Waals surface area contributed by atoms with Gasteiger partial charge in [-0.05, 0) is 27.2 Å². The van der Waals surface area contributed by atoms with Crippen molar-refractivity contribution in [1.29, 1.82) is 0 Å². The first-order chi connectivity index (χ1) is 5.45. The zero-order valence-corrected chi connectivity index (χ0v) is 9.87. The third-order valence-electron chi connectivity index (χ3n) is 1.40. The number of rotatable bonds is 4. The van der Waals surface area contributed by atoms with Crippen LogP contribution in [0.1, 0.15) is 53.4 Å². The fourth-order valence-corrected chi connectivity index (χ4v) is 0.912. The molecule has 0 rings (SSSR count). The average molecular weight is 209 g/mol. The lowest BCUT2D eigenvalue weighted by molar-refractivity contribution is -0.154. The topological polar surface area (TPSA) is 26.3 Å². The third kappa shape index (κ3) is 11.8. The van der Waals surface area contributed by atoms with Crippen molar-refractivity contribution in [2.75, 3.05) is 0 Å². The van der Waals surface area contributed by atoms with Crippen LogP contribution in [-0.4, -0.2) is 11.6 Å². The number of hydrogen-bond donors (Lipinski definition) is 0. The number of unbranched alkanes of at least 4 members (excludes halogenated alkanes) is 2. The minimum Gasteiger partial charge on any atom is -0.460 e. The summed E-state index contributed by atoms with van der Waals surface area (Å²) in [7, 11) is 0. The molecule has 0 atom stereocenters. The predicted octanol–water partition coefficient (Wildman–Crippen LogP) is 3.33. The first-order valence-corrected chi connectivity index (χ1v) is 4.67. The monoisotopic (exact) mass is 208 g/mol. The van der Waals surface area contributed by atoms with Gasteiger partial charge in [-0.25, -0.2) is 0 Å². The molecule has 0 aromatic carbocycles. The fraction of sp³-hybridized carbons (Fsp3) is 0.900. The van der Waals surface area contributed by atoms with Gasteiger partial charge >= 0.3 is 5.97 Å². The normalized spacial score (nSPS) is 10.5. The maximum Gasteiger partial charge on any atom is 0.306 e. The van der Waals surface area contributed by atoms with Gasteiger partial charge in [-0.2, -0.15) is 0 Å². The van der Waals surface area contributed by atoms with Gasteiger partial charge in [0.25, 0.3) is 0 Å². The van der Waals surface area contributed by atoms with Crippen LogP contribution < -0.4 is 0 Å². The molecular formula is C10H21ClO2. The van der Waals surface area contributed by atoms with Crippen LogP contribution in [0.5, 0.6) is 0 Å². The van der Waals surface area contributed by atoms with Gasteiger partial charge < -0.3 is 4.74 Å². The van der Waals surface area contributed by atoms with E-state index in [2.05, 4.69) is 6.92 Å². The van der Waals surface area contributed by atoms with E-state index in [4.69, 9.17) is 4.74 Å². The van der Waals surface area contributed by atoms with E-state index in [0.717, 1.165) is 19.3 Å². The minimum absolute atomic E-state index is 0. The first-order valence-electron chi connectivity index (χ1n) is 4.67. The molecule has 0 aliphatic carbocycles. The van der Waals surface area contributed by atoms with Gasteiger partial charge in [0.15, 0.2) is 0 Å². The third-order valence-corrected chi connectivity index (χ3v) is 1.40. The minimum atomic E-state index is -0.330. The Morgan fingerprint density at radius 2 is 1.77 bits per heavy atom. The van der Waals surface area contributed by atoms with Crippen LogP contribution in [0.2, 0.25) is 0 Å². The van der Waals surface area contributed by atoms with E-state index >= 15 is 0 Å². The maximum absolute atomic E-state index is 11.1. The van der Waals surface area contributed by atoms with Crippen LogP contribution >= 0.6 is 12.4 Å². The predicted molar refractivity (Wildman–Crippen MR) is 57.2 cm³/mol. The molecule has 0 unspecified atom stereocenters. The molecule has 0 saturated carbocycles. The summed E-state index contributed by atoms with van der Waals surface area (Å²) in [5, 5.41) is 0. The standard InChI is InChI=1S/C10H20O2.ClH/c1-5-6-7-8-9(11)12-10(2,3)4;/h5-8H2,1-4H3;1H. The van der Waals surface area contributed by atoms with E-state index in [0.29, 0.717) is 6.42 Å². The van der Waals surface area contributed by atoms with E-state index < -0.39 is 0 Å². The molecule has 80 valence electrons. The van der Waals surface area contributed by atoms with E-state index in [-0.39, 0.29) is 24.0 Å². The van der Waals surface area contributed by atoms with Gasteiger partial charge in [0, 0.05) is 6.42 Å². The Bertz CT molecular complexity index is 138. The van der Waals surface area contributed by atoms with E-state index in [9.17, 15) is 4.79 Å². The molecule has 0 saturated heterocycles. The van der Waals surface area contributed by atoms with Gasteiger partial charge in [-0.1, -0.05) is 19.8 Å². The average Bonchev–Trinajstić information content (AvgIpc) is 1.84. The summed E-state index contributed by atoms with van der Waals surface area (Å²) in [6, 6.07) is 0. The highest BCUT2D eigenvalue weighted by Crippen LogP contribution is 2.10. The molecule has 0 heterocycles. The smallest absolute Gasteiger partial charge is 0.306 e. The summed E-state index contributed by atoms with van der Waals surface area (Å²) in [4.78, 5) is 11.1. The van der Waals surface area contributed by atoms with Crippen molar-refractivity contribution >= 4 is 18.4 Å². The van der Waals surface area contributed by atoms with Crippen molar-refractivity contribution in [2.45, 2.75) is 59.0 Å². The lowest BCUT2D eigenvalue weighted by Gasteiger charge is -2.19. The molecule has 0 spiro atoms. The van der Waals surface area contributed by atoms with Gasteiger partial charge in [-0.3, -0.25) is 4.79 Å². The first kappa shape index (κ1) is 15.2. The molecule has 0 N–H and O–H groups in total. The van der Waals surface area contributed by atoms with Gasteiger partial charge in [-0.15, -0.1) is 12.4 Å². The van der Waals surface area contributed by atoms with Crippen molar-refractivity contribution in [3.63, 3.8) is 0 Å². The molecule has 0 aliphatic rings. The zero-order chi connectivity index (χ0) is 9.61. The zero-order valence-electron chi connectivity index (χ0n) is 9.05. The number of halogens is 1. The van der Waals surface area contributed by atoms with Crippen LogP contribution in [0.15, 0.2) is 0 Å². The molecule has 0 aromatic heterocycles. The Balaban J connectivity index is 0. The molecule has 0 radical (unpaired) electrons. The van der Waals surface area contributed by atoms with E-state index in [1.165, 1.54) is 0 Å². The summed E-state index contributed by atoms with van der Waals surface area (Å²) >= 11 is 0. The fourth-order valence-electron chi connectivity index (χ4n) is 0.912. The molecule has 0 aromatic rings. The van der Waals surface area contributed by atoms with Crippen molar-refractivity contribution in [3.8, 4) is 0 Å². The second-order valence-electron chi connectivity index (χ2n) is 4.04. The molecule has 0 fully saturated rings. The Morgan fingerprint density at radius 1 is 1.23 bits per heavy atom. The van der Waals surface area contributed by atoms with Gasteiger partial charge in [0.2, 0.25) is 0 Å². The largest absolute Gasteiger partial charge is 0.460 e. The van der Waals surface area contributed by atoms with Crippen molar-refractivity contribution in [3.05, 3.63) is 0 Å². The Hall–Kier alpha value is -0.240. The van der Waals surface area contributed by atoms with Crippen molar-refractivity contribution in [1.82, 2.24) is 0 Å². The van der Waals surface area contributed by atoms with E-state index in [1.54, 1.807) is 0 Å². The molecule has 0 aliphatic heterocycles. The second-order valence-corrected chi connectivity index (χ2v) is 4.04. The lowest BCUT2D eigenvalue weighted by Crippen LogP contribution is -2.23. The van der Waals surface area contributed by atoms with Crippen LogP contribution in [0.3, 0.4) is 0 Å². The number of carbonyl (C=O) groups excluding carboxylic acids is 1. The number of hydrogen-bond acceptors (Lipinski definition) is 2. The number of ether oxygens (including phenoxy) is 1. The molecular weight excluding hydrogens is 188 g/mol. The van der Waals surface area contributed by atoms with Crippen LogP contribution in [-0.2, 0) is 9.53 Å². The maximum atomic E-state index is 11.1. The van der Waals surface area contributed by atoms with Crippen LogP contribution in [0, 0.1) is 0 Å². The molecule has 2 nitrogen and oxygen atoms in total. The Morgan fingerprint density at radius 3 is 2.15 bits per heavy atom. The quantitative estimate of drug-likeness (QED) is 0.523. The highest BCUT2D eigenvalue weighted by molar-refractivity contribution is 5.85. The second kappa shape index (κ2) is 7.19. The number of esters is 1. The molecule has 0 bridgehead atoms. The van der Waals surface area contributed by atoms with Crippen molar-refractivity contribution in [2.24, 2.45) is 0 Å². The molecule has 3 heteroatoms. The van der Waals surface area contributed by atoms with Crippen LogP contribution in [0.25, 0.3) is 0 Å². The lowest BCUT2D eigenvalue weighted by atomic mass is 10.2. The highest BCUT2D eigenvalue weighted by Gasteiger charge is 2.15. The summed E-state index contributed by atoms with van der Waals surface area (Å²) in [5.74, 6) is -0.0732. The molecule has 13 heavy (non-hydrogen) atoms. The van der Waals surface area contributed by atoms with Crippen LogP contribution in [0.4, 0.5) is 0 Å². The summed E-state index contributed by atoms with van der Waals surface area (Å²) in [6.07, 6.45) is 3.76. The summed E-state index contributed by atoms with van der Waals surface area (Å²) in [5.41, 5.74) is -0.330. The highest BCUT2D eigenvalue weighted by atomic mass is 35.5. The number of carbonyl (C=O) groups is 1. The van der Waals surface area contributed by atoms with Gasteiger partial charge in [0.05, 0.1) is 0 Å². The SMILES string of the molecule is CCCCCC(=O)OC(C)(C)C.Cl. The van der Waals surface area contributed by atoms with E-state index in [1.807, 2.05) is 20.8 Å². The summed E-state index contributed by atoms with van der Waals surface area (Å²) in [6.45, 7) is 7.80. The Labute approximate surface area is 87.5 Å². The van der Waals surface area contributed by atoms with Crippen molar-refractivity contribution < 1.29 is 9.53 Å². The van der Waals surface area contributed by atoms with Gasteiger partial charge in [0.1, 0.15) is 5.60 Å². The molecule has 0 amide bonds.